The minimum absolute atomic E-state index is 0.0360. The van der Waals surface area contributed by atoms with Crippen molar-refractivity contribution in [3.05, 3.63) is 29.3 Å². The average Bonchev–Trinajstić information content (AvgIpc) is 2.44. The van der Waals surface area contributed by atoms with Gasteiger partial charge in [-0.15, -0.1) is 0 Å². The Hall–Kier alpha value is -1.77. The summed E-state index contributed by atoms with van der Waals surface area (Å²) in [6, 6.07) is 4.02. The fourth-order valence-electron chi connectivity index (χ4n) is 3.51. The number of carbonyl (C=O) groups is 1. The van der Waals surface area contributed by atoms with Crippen LogP contribution in [0, 0.1) is 11.8 Å². The van der Waals surface area contributed by atoms with Crippen molar-refractivity contribution >= 4 is 16.1 Å². The molecule has 4 rings (SSSR count). The van der Waals surface area contributed by atoms with E-state index in [1.807, 2.05) is 0 Å². The van der Waals surface area contributed by atoms with Gasteiger partial charge in [-0.2, -0.15) is 21.6 Å². The zero-order valence-electron chi connectivity index (χ0n) is 12.7. The lowest BCUT2D eigenvalue weighted by Crippen LogP contribution is -2.46. The topological polar surface area (TPSA) is 69.7 Å². The van der Waals surface area contributed by atoms with Gasteiger partial charge in [0.1, 0.15) is 5.75 Å². The van der Waals surface area contributed by atoms with Gasteiger partial charge < -0.3 is 8.92 Å². The Morgan fingerprint density at radius 2 is 2.04 bits per heavy atom. The van der Waals surface area contributed by atoms with Crippen molar-refractivity contribution < 1.29 is 35.3 Å². The quantitative estimate of drug-likeness (QED) is 0.467. The maximum atomic E-state index is 12.4. The Morgan fingerprint density at radius 3 is 2.67 bits per heavy atom. The van der Waals surface area contributed by atoms with Gasteiger partial charge in [-0.05, 0) is 54.9 Å². The molecule has 3 atom stereocenters. The zero-order valence-corrected chi connectivity index (χ0v) is 13.5. The Kier molecular flexibility index (Phi) is 4.01. The highest BCUT2D eigenvalue weighted by atomic mass is 32.2. The molecule has 1 saturated carbocycles. The molecule has 24 heavy (non-hydrogen) atoms. The van der Waals surface area contributed by atoms with E-state index in [1.54, 1.807) is 6.92 Å². The molecule has 0 spiro atoms. The maximum Gasteiger partial charge on any atom is 0.534 e. The van der Waals surface area contributed by atoms with Gasteiger partial charge in [0.05, 0.1) is 12.5 Å². The first-order chi connectivity index (χ1) is 11.1. The van der Waals surface area contributed by atoms with Crippen molar-refractivity contribution in [2.45, 2.75) is 31.2 Å². The van der Waals surface area contributed by atoms with E-state index in [0.29, 0.717) is 18.6 Å². The molecule has 0 radical (unpaired) electrons. The van der Waals surface area contributed by atoms with Crippen LogP contribution in [0.4, 0.5) is 13.2 Å². The number of benzene rings is 1. The van der Waals surface area contributed by atoms with Gasteiger partial charge in [0.15, 0.2) is 0 Å². The molecule has 1 aromatic carbocycles. The van der Waals surface area contributed by atoms with Gasteiger partial charge in [0.2, 0.25) is 0 Å². The molecule has 3 unspecified atom stereocenters. The van der Waals surface area contributed by atoms with E-state index in [1.165, 1.54) is 18.2 Å². The van der Waals surface area contributed by atoms with Gasteiger partial charge in [-0.25, -0.2) is 0 Å². The third-order valence-corrected chi connectivity index (χ3v) is 5.52. The summed E-state index contributed by atoms with van der Waals surface area (Å²) in [5.41, 5.74) is -3.92. The van der Waals surface area contributed by atoms with Crippen LogP contribution in [0.15, 0.2) is 18.2 Å². The highest BCUT2D eigenvalue weighted by Crippen LogP contribution is 2.55. The summed E-state index contributed by atoms with van der Waals surface area (Å²) in [6.07, 6.45) is 1.30. The second kappa shape index (κ2) is 5.65. The van der Waals surface area contributed by atoms with E-state index in [2.05, 4.69) is 4.18 Å². The summed E-state index contributed by atoms with van der Waals surface area (Å²) < 4.78 is 68.5. The van der Waals surface area contributed by atoms with Crippen LogP contribution in [0.1, 0.15) is 30.4 Å². The molecule has 0 aromatic heterocycles. The monoisotopic (exact) mass is 364 g/mol. The van der Waals surface area contributed by atoms with Crippen LogP contribution >= 0.6 is 0 Å². The van der Waals surface area contributed by atoms with Crippen LogP contribution in [-0.2, 0) is 26.1 Å². The average molecular weight is 364 g/mol. The molecule has 1 aromatic rings. The summed E-state index contributed by atoms with van der Waals surface area (Å²) in [6.45, 7) is 2.02. The van der Waals surface area contributed by atoms with Gasteiger partial charge in [0.25, 0.3) is 0 Å². The number of halogens is 3. The van der Waals surface area contributed by atoms with E-state index in [-0.39, 0.29) is 29.5 Å². The van der Waals surface area contributed by atoms with Gasteiger partial charge >= 0.3 is 21.6 Å². The zero-order chi connectivity index (χ0) is 17.7. The number of hydrogen-bond donors (Lipinski definition) is 0. The smallest absolute Gasteiger partial charge is 0.466 e. The fraction of sp³-hybridized carbons (Fsp3) is 0.533. The van der Waals surface area contributed by atoms with E-state index in [0.717, 1.165) is 12.0 Å². The van der Waals surface area contributed by atoms with Crippen LogP contribution in [0.25, 0.3) is 0 Å². The molecule has 132 valence electrons. The first kappa shape index (κ1) is 17.1. The van der Waals surface area contributed by atoms with Crippen LogP contribution < -0.4 is 4.18 Å². The van der Waals surface area contributed by atoms with Crippen LogP contribution in [-0.4, -0.2) is 26.5 Å². The van der Waals surface area contributed by atoms with Crippen molar-refractivity contribution in [2.24, 2.45) is 11.8 Å². The van der Waals surface area contributed by atoms with Gasteiger partial charge in [-0.1, -0.05) is 6.07 Å². The second-order valence-corrected chi connectivity index (χ2v) is 7.47. The Bertz CT molecular complexity index is 772. The summed E-state index contributed by atoms with van der Waals surface area (Å²) in [5, 5.41) is 0. The Labute approximate surface area is 136 Å². The summed E-state index contributed by atoms with van der Waals surface area (Å²) in [7, 11) is -5.69. The summed E-state index contributed by atoms with van der Waals surface area (Å²) >= 11 is 0. The lowest BCUT2D eigenvalue weighted by atomic mass is 9.55. The first-order valence-corrected chi connectivity index (χ1v) is 8.85. The van der Waals surface area contributed by atoms with Crippen molar-refractivity contribution in [1.29, 1.82) is 0 Å². The minimum Gasteiger partial charge on any atom is -0.466 e. The minimum atomic E-state index is -5.69. The van der Waals surface area contributed by atoms with Crippen molar-refractivity contribution in [2.75, 3.05) is 6.61 Å². The molecule has 0 N–H and O–H groups in total. The molecule has 0 aliphatic heterocycles. The standard InChI is InChI=1S/C15H15F3O5S/c1-2-22-14(19)13-9-5-8-6-10(3-4-11(8)12(13)7-9)23-24(20,21)15(16,17)18/h3-4,6,9,12-13H,2,5,7H2,1H3. The van der Waals surface area contributed by atoms with Crippen molar-refractivity contribution in [3.8, 4) is 5.75 Å². The lowest BCUT2D eigenvalue weighted by molar-refractivity contribution is -0.156. The Balaban J connectivity index is 1.82. The highest BCUT2D eigenvalue weighted by Gasteiger charge is 2.52. The van der Waals surface area contributed by atoms with Crippen LogP contribution in [0.2, 0.25) is 0 Å². The normalized spacial score (nSPS) is 25.4. The predicted molar refractivity (Wildman–Crippen MR) is 76.7 cm³/mol. The number of ether oxygens (including phenoxy) is 1. The molecule has 0 saturated heterocycles. The molecule has 3 aliphatic carbocycles. The maximum absolute atomic E-state index is 12.4. The van der Waals surface area contributed by atoms with E-state index in [9.17, 15) is 26.4 Å². The third-order valence-electron chi connectivity index (χ3n) is 4.54. The van der Waals surface area contributed by atoms with Gasteiger partial charge in [0, 0.05) is 0 Å². The second-order valence-electron chi connectivity index (χ2n) is 5.93. The SMILES string of the molecule is CCOC(=O)C1C2Cc3cc(OS(=O)(=O)C(F)(F)F)ccc3C1C2. The predicted octanol–water partition coefficient (Wildman–Crippen LogP) is 2.75. The first-order valence-electron chi connectivity index (χ1n) is 7.44. The molecule has 0 heterocycles. The lowest BCUT2D eigenvalue weighted by Gasteiger charge is -2.48. The Morgan fingerprint density at radius 1 is 1.33 bits per heavy atom. The molecular formula is C15H15F3O5S. The highest BCUT2D eigenvalue weighted by molar-refractivity contribution is 7.88. The van der Waals surface area contributed by atoms with Crippen LogP contribution in [0.5, 0.6) is 5.75 Å². The number of alkyl halides is 3. The number of hydrogen-bond acceptors (Lipinski definition) is 5. The molecule has 9 heteroatoms. The van der Waals surface area contributed by atoms with Crippen molar-refractivity contribution in [1.82, 2.24) is 0 Å². The summed E-state index contributed by atoms with van der Waals surface area (Å²) in [4.78, 5) is 12.0. The summed E-state index contributed by atoms with van der Waals surface area (Å²) in [5.74, 6) is -0.838. The number of carbonyl (C=O) groups excluding carboxylic acids is 1. The molecule has 5 nitrogen and oxygen atoms in total. The number of rotatable bonds is 4. The molecule has 0 amide bonds. The largest absolute Gasteiger partial charge is 0.534 e. The molecule has 1 fully saturated rings. The van der Waals surface area contributed by atoms with E-state index < -0.39 is 15.6 Å². The fourth-order valence-corrected chi connectivity index (χ4v) is 3.96. The molecular weight excluding hydrogens is 349 g/mol. The molecule has 3 aliphatic rings. The number of esters is 1. The van der Waals surface area contributed by atoms with Crippen LogP contribution in [0.3, 0.4) is 0 Å². The third kappa shape index (κ3) is 2.74. The van der Waals surface area contributed by atoms with E-state index >= 15 is 0 Å². The van der Waals surface area contributed by atoms with E-state index in [4.69, 9.17) is 4.74 Å². The molecule has 2 bridgehead atoms. The van der Waals surface area contributed by atoms with Crippen molar-refractivity contribution in [3.63, 3.8) is 0 Å². The van der Waals surface area contributed by atoms with Gasteiger partial charge in [-0.3, -0.25) is 4.79 Å².